The fourth-order valence-electron chi connectivity index (χ4n) is 5.93. The molecule has 47 heavy (non-hydrogen) atoms. The van der Waals surface area contributed by atoms with Crippen LogP contribution in [0.1, 0.15) is 84.3 Å². The molecule has 0 spiro atoms. The Morgan fingerprint density at radius 3 is 2.13 bits per heavy atom. The van der Waals surface area contributed by atoms with Crippen LogP contribution in [0.5, 0.6) is 0 Å². The Labute approximate surface area is 270 Å². The summed E-state index contributed by atoms with van der Waals surface area (Å²) in [6, 6.07) is -1.50. The van der Waals surface area contributed by atoms with Gasteiger partial charge in [0, 0.05) is 17.2 Å². The Morgan fingerprint density at radius 1 is 1.11 bits per heavy atom. The first-order valence-corrected chi connectivity index (χ1v) is 17.5. The zero-order chi connectivity index (χ0) is 34.2. The highest BCUT2D eigenvalue weighted by Gasteiger charge is 2.57. The summed E-state index contributed by atoms with van der Waals surface area (Å²) >= 11 is 0. The van der Waals surface area contributed by atoms with Gasteiger partial charge >= 0.3 is 25.3 Å². The summed E-state index contributed by atoms with van der Waals surface area (Å²) in [5, 5.41) is 19.5. The number of rotatable bonds is 14. The van der Waals surface area contributed by atoms with E-state index >= 15 is 4.39 Å². The molecule has 1 saturated heterocycles. The summed E-state index contributed by atoms with van der Waals surface area (Å²) in [5.41, 5.74) is 5.02. The van der Waals surface area contributed by atoms with Crippen LogP contribution in [0.15, 0.2) is 27.0 Å². The van der Waals surface area contributed by atoms with Gasteiger partial charge in [-0.2, -0.15) is 0 Å². The molecule has 262 valence electrons. The lowest BCUT2D eigenvalue weighted by molar-refractivity contribution is -0.152. The number of aliphatic hydroxyl groups is 1. The maximum absolute atomic E-state index is 15.5. The minimum Gasteiger partial charge on any atom is -0.461 e. The molecule has 1 aromatic heterocycles. The first kappa shape index (κ1) is 36.7. The van der Waals surface area contributed by atoms with E-state index in [1.165, 1.54) is 13.8 Å². The zero-order valence-corrected chi connectivity index (χ0v) is 27.3. The fourth-order valence-corrected chi connectivity index (χ4v) is 7.79. The second-order valence-electron chi connectivity index (χ2n) is 12.3. The SMILES string of the molecule is CC(NP(=O)(NC(C)C(=O)OC1CCCCC1)OC[C@@]1(CN=[N+]=[N-])OC(n2ccc(=O)[nH]c2=O)[C@H](F)[C@@H]1O)C(=O)OC1CCCCC1. The van der Waals surface area contributed by atoms with E-state index in [4.69, 9.17) is 24.3 Å². The van der Waals surface area contributed by atoms with Gasteiger partial charge in [-0.15, -0.1) is 0 Å². The highest BCUT2D eigenvalue weighted by Crippen LogP contribution is 2.45. The van der Waals surface area contributed by atoms with Crippen molar-refractivity contribution in [3.63, 3.8) is 0 Å². The van der Waals surface area contributed by atoms with Crippen LogP contribution in [0.4, 0.5) is 4.39 Å². The van der Waals surface area contributed by atoms with Crippen LogP contribution in [-0.4, -0.2) is 81.9 Å². The summed E-state index contributed by atoms with van der Waals surface area (Å²) in [4.78, 5) is 54.5. The van der Waals surface area contributed by atoms with Gasteiger partial charge in [0.05, 0.1) is 13.2 Å². The van der Waals surface area contributed by atoms with Gasteiger partial charge < -0.3 is 23.8 Å². The lowest BCUT2D eigenvalue weighted by Crippen LogP contribution is -2.50. The number of ether oxygens (including phenoxy) is 3. The number of alkyl halides is 1. The maximum atomic E-state index is 15.5. The van der Waals surface area contributed by atoms with Gasteiger partial charge in [-0.3, -0.25) is 28.5 Å². The minimum absolute atomic E-state index is 0.304. The van der Waals surface area contributed by atoms with Crippen molar-refractivity contribution in [2.24, 2.45) is 5.11 Å². The molecule has 0 radical (unpaired) electrons. The molecule has 2 heterocycles. The van der Waals surface area contributed by atoms with E-state index in [0.29, 0.717) is 30.3 Å². The number of azide groups is 1. The number of aromatic amines is 1. The molecule has 1 aromatic rings. The third kappa shape index (κ3) is 9.50. The number of halogens is 1. The number of carbonyl (C=O) groups excluding carboxylic acids is 2. The Bertz CT molecular complexity index is 1420. The molecule has 0 amide bonds. The maximum Gasteiger partial charge on any atom is 0.342 e. The van der Waals surface area contributed by atoms with Crippen LogP contribution in [-0.2, 0) is 32.9 Å². The van der Waals surface area contributed by atoms with Crippen molar-refractivity contribution in [3.05, 3.63) is 43.5 Å². The summed E-state index contributed by atoms with van der Waals surface area (Å²) in [6.45, 7) is 1.13. The van der Waals surface area contributed by atoms with E-state index in [1.54, 1.807) is 0 Å². The van der Waals surface area contributed by atoms with Crippen LogP contribution in [0.25, 0.3) is 10.4 Å². The van der Waals surface area contributed by atoms with Crippen LogP contribution >= 0.6 is 7.67 Å². The molecule has 4 N–H and O–H groups in total. The van der Waals surface area contributed by atoms with Crippen molar-refractivity contribution in [2.45, 2.75) is 126 Å². The molecule has 3 fully saturated rings. The lowest BCUT2D eigenvalue weighted by atomic mass is 9.97. The van der Waals surface area contributed by atoms with Gasteiger partial charge in [0.1, 0.15) is 36.0 Å². The van der Waals surface area contributed by atoms with Crippen molar-refractivity contribution >= 4 is 19.6 Å². The van der Waals surface area contributed by atoms with E-state index in [-0.39, 0.29) is 12.2 Å². The van der Waals surface area contributed by atoms with Crippen molar-refractivity contribution in [3.8, 4) is 0 Å². The molecule has 19 heteroatoms. The van der Waals surface area contributed by atoms with Gasteiger partial charge in [-0.1, -0.05) is 18.0 Å². The summed E-state index contributed by atoms with van der Waals surface area (Å²) in [5.74, 6) is -1.44. The molecule has 6 atom stereocenters. The molecule has 3 unspecified atom stereocenters. The smallest absolute Gasteiger partial charge is 0.342 e. The number of nitrogens with zero attached hydrogens (tertiary/aromatic N) is 4. The Hall–Kier alpha value is -3.11. The predicted octanol–water partition coefficient (Wildman–Crippen LogP) is 2.65. The number of hydrogen-bond acceptors (Lipinski definition) is 11. The van der Waals surface area contributed by atoms with Crippen LogP contribution in [0.2, 0.25) is 0 Å². The Balaban J connectivity index is 1.56. The number of nitrogens with one attached hydrogen (secondary N) is 3. The molecule has 1 aliphatic heterocycles. The quantitative estimate of drug-likeness (QED) is 0.0726. The topological polar surface area (TPSA) is 236 Å². The first-order chi connectivity index (χ1) is 22.4. The van der Waals surface area contributed by atoms with Crippen LogP contribution in [0.3, 0.4) is 0 Å². The van der Waals surface area contributed by atoms with Gasteiger partial charge in [-0.25, -0.2) is 19.4 Å². The normalized spacial score (nSPS) is 28.0. The van der Waals surface area contributed by atoms with E-state index in [0.717, 1.165) is 50.8 Å². The zero-order valence-electron chi connectivity index (χ0n) is 26.4. The minimum atomic E-state index is -4.49. The van der Waals surface area contributed by atoms with E-state index in [9.17, 15) is 28.8 Å². The van der Waals surface area contributed by atoms with Crippen molar-refractivity contribution < 1.29 is 42.4 Å². The second-order valence-corrected chi connectivity index (χ2v) is 14.2. The number of hydrogen-bond donors (Lipinski definition) is 4. The largest absolute Gasteiger partial charge is 0.461 e. The highest BCUT2D eigenvalue weighted by molar-refractivity contribution is 7.54. The van der Waals surface area contributed by atoms with Gasteiger partial charge in [-0.05, 0) is 70.7 Å². The van der Waals surface area contributed by atoms with E-state index < -0.39 is 80.2 Å². The number of aromatic nitrogens is 2. The second kappa shape index (κ2) is 16.3. The molecule has 17 nitrogen and oxygen atoms in total. The standard InChI is InChI=1S/C28H43FN7O10P/c1-17(25(39)44-19-9-5-3-6-10-19)33-47(42,34-18(2)26(40)45-20-11-7-4-8-12-20)43-16-28(15-31-35-30)23(38)22(29)24(46-28)36-14-13-21(37)32-27(36)41/h13-14,17-20,22-24,38H,3-12,15-16H2,1-2H3,(H,32,37,41)(H2,33,34,42)/t17?,18?,22-,23+,24?,28-,47?/m1/s1. The lowest BCUT2D eigenvalue weighted by Gasteiger charge is -2.33. The first-order valence-electron chi connectivity index (χ1n) is 15.9. The average molecular weight is 688 g/mol. The Kier molecular flexibility index (Phi) is 12.8. The Morgan fingerprint density at radius 2 is 1.64 bits per heavy atom. The van der Waals surface area contributed by atoms with E-state index in [2.05, 4.69) is 20.2 Å². The third-order valence-electron chi connectivity index (χ3n) is 8.59. The number of H-pyrrole nitrogens is 1. The van der Waals surface area contributed by atoms with E-state index in [1.807, 2.05) is 4.98 Å². The van der Waals surface area contributed by atoms with Gasteiger partial charge in [0.15, 0.2) is 12.4 Å². The predicted molar refractivity (Wildman–Crippen MR) is 164 cm³/mol. The molecule has 4 rings (SSSR count). The van der Waals surface area contributed by atoms with Crippen molar-refractivity contribution in [1.82, 2.24) is 19.7 Å². The van der Waals surface area contributed by atoms with Crippen molar-refractivity contribution in [2.75, 3.05) is 13.2 Å². The van der Waals surface area contributed by atoms with Crippen LogP contribution in [0, 0.1) is 0 Å². The summed E-state index contributed by atoms with van der Waals surface area (Å²) < 4.78 is 53.2. The molecule has 0 aromatic carbocycles. The van der Waals surface area contributed by atoms with Gasteiger partial charge in [0.25, 0.3) is 5.56 Å². The molecular weight excluding hydrogens is 644 g/mol. The summed E-state index contributed by atoms with van der Waals surface area (Å²) in [6.07, 6.45) is 2.60. The average Bonchev–Trinajstić information content (AvgIpc) is 3.29. The molecule has 2 saturated carbocycles. The molecule has 0 bridgehead atoms. The number of aliphatic hydroxyl groups excluding tert-OH is 1. The molecule has 2 aliphatic carbocycles. The number of esters is 2. The van der Waals surface area contributed by atoms with Crippen molar-refractivity contribution in [1.29, 1.82) is 0 Å². The number of carbonyl (C=O) groups is 2. The monoisotopic (exact) mass is 687 g/mol. The fraction of sp³-hybridized carbons (Fsp3) is 0.786. The van der Waals surface area contributed by atoms with Gasteiger partial charge in [0.2, 0.25) is 0 Å². The van der Waals surface area contributed by atoms with Crippen LogP contribution < -0.4 is 21.4 Å². The third-order valence-corrected chi connectivity index (χ3v) is 10.5. The summed E-state index contributed by atoms with van der Waals surface area (Å²) in [7, 11) is -4.49. The molecular formula is C28H43FN7O10P. The molecule has 3 aliphatic rings. The highest BCUT2D eigenvalue weighted by atomic mass is 31.2.